The number of carbonyl (C=O) groups excluding carboxylic acids is 2. The van der Waals surface area contributed by atoms with E-state index in [9.17, 15) is 19.7 Å². The molecule has 30 heavy (non-hydrogen) atoms. The Balaban J connectivity index is 1.80. The maximum absolute atomic E-state index is 12.1. The van der Waals surface area contributed by atoms with Crippen LogP contribution < -0.4 is 16.2 Å². The van der Waals surface area contributed by atoms with Gasteiger partial charge in [-0.05, 0) is 36.4 Å². The molecule has 0 bridgehead atoms. The van der Waals surface area contributed by atoms with Crippen molar-refractivity contribution in [2.24, 2.45) is 0 Å². The second-order valence-electron chi connectivity index (χ2n) is 5.82. The zero-order chi connectivity index (χ0) is 21.5. The number of nitro groups is 1. The largest absolute Gasteiger partial charge is 0.465 e. The highest BCUT2D eigenvalue weighted by atomic mass is 16.6. The van der Waals surface area contributed by atoms with Crippen molar-refractivity contribution in [1.29, 1.82) is 0 Å². The first-order chi connectivity index (χ1) is 14.5. The van der Waals surface area contributed by atoms with Gasteiger partial charge in [-0.25, -0.2) is 14.8 Å². The Bertz CT molecular complexity index is 1070. The van der Waals surface area contributed by atoms with Crippen molar-refractivity contribution in [2.75, 3.05) is 17.9 Å². The van der Waals surface area contributed by atoms with Crippen molar-refractivity contribution in [3.63, 3.8) is 0 Å². The summed E-state index contributed by atoms with van der Waals surface area (Å²) in [4.78, 5) is 42.3. The van der Waals surface area contributed by atoms with E-state index in [1.54, 1.807) is 42.5 Å². The number of carbonyl (C=O) groups is 2. The number of benzene rings is 2. The summed E-state index contributed by atoms with van der Waals surface area (Å²) >= 11 is 0. The van der Waals surface area contributed by atoms with Crippen LogP contribution >= 0.6 is 0 Å². The molecule has 0 spiro atoms. The summed E-state index contributed by atoms with van der Waals surface area (Å²) in [6.45, 7) is 0. The van der Waals surface area contributed by atoms with E-state index in [2.05, 4.69) is 30.9 Å². The van der Waals surface area contributed by atoms with Gasteiger partial charge in [0.2, 0.25) is 11.6 Å². The maximum atomic E-state index is 12.1. The van der Waals surface area contributed by atoms with Gasteiger partial charge >= 0.3 is 11.7 Å². The number of hydrazine groups is 1. The number of nitrogens with zero attached hydrogens (tertiary/aromatic N) is 3. The van der Waals surface area contributed by atoms with Crippen LogP contribution in [0.2, 0.25) is 0 Å². The minimum Gasteiger partial charge on any atom is -0.465 e. The molecule has 0 atom stereocenters. The van der Waals surface area contributed by atoms with Crippen molar-refractivity contribution in [3.8, 4) is 0 Å². The molecule has 0 saturated carbocycles. The van der Waals surface area contributed by atoms with E-state index in [1.807, 2.05) is 0 Å². The molecule has 0 aliphatic heterocycles. The van der Waals surface area contributed by atoms with E-state index in [0.29, 0.717) is 16.8 Å². The molecule has 0 unspecified atom stereocenters. The number of methoxy groups -OCH3 is 1. The van der Waals surface area contributed by atoms with E-state index in [1.165, 1.54) is 19.2 Å². The SMILES string of the molecule is COC(=O)c1ccc(Nc2ncnc(NNC(=O)c3ccccc3)c2[N+](=O)[O-])cc1. The fraction of sp³-hybridized carbons (Fsp3) is 0.0526. The fourth-order valence-electron chi connectivity index (χ4n) is 2.46. The summed E-state index contributed by atoms with van der Waals surface area (Å²) in [6, 6.07) is 14.4. The van der Waals surface area contributed by atoms with Gasteiger partial charge in [0.25, 0.3) is 5.91 Å². The molecule has 1 heterocycles. The Morgan fingerprint density at radius 1 is 0.967 bits per heavy atom. The summed E-state index contributed by atoms with van der Waals surface area (Å²) in [7, 11) is 1.27. The lowest BCUT2D eigenvalue weighted by molar-refractivity contribution is -0.383. The lowest BCUT2D eigenvalue weighted by Crippen LogP contribution is -2.30. The first kappa shape index (κ1) is 20.2. The first-order valence-electron chi connectivity index (χ1n) is 8.56. The van der Waals surface area contributed by atoms with Crippen LogP contribution in [-0.2, 0) is 4.74 Å². The van der Waals surface area contributed by atoms with Gasteiger partial charge < -0.3 is 10.1 Å². The molecular weight excluding hydrogens is 392 g/mol. The molecule has 2 aromatic carbocycles. The third kappa shape index (κ3) is 4.65. The summed E-state index contributed by atoms with van der Waals surface area (Å²) in [5, 5.41) is 14.4. The van der Waals surface area contributed by atoms with Gasteiger partial charge in [-0.1, -0.05) is 18.2 Å². The van der Waals surface area contributed by atoms with Crippen LogP contribution in [0.4, 0.5) is 23.0 Å². The number of aromatic nitrogens is 2. The Kier molecular flexibility index (Phi) is 6.13. The predicted molar refractivity (Wildman–Crippen MR) is 107 cm³/mol. The van der Waals surface area contributed by atoms with Gasteiger partial charge in [0.15, 0.2) is 0 Å². The van der Waals surface area contributed by atoms with Gasteiger partial charge in [-0.15, -0.1) is 0 Å². The zero-order valence-corrected chi connectivity index (χ0v) is 15.7. The van der Waals surface area contributed by atoms with Gasteiger partial charge in [0.05, 0.1) is 17.6 Å². The molecule has 3 aromatic rings. The van der Waals surface area contributed by atoms with Crippen LogP contribution in [0.5, 0.6) is 0 Å². The van der Waals surface area contributed by atoms with E-state index < -0.39 is 22.5 Å². The van der Waals surface area contributed by atoms with E-state index in [4.69, 9.17) is 0 Å². The molecule has 152 valence electrons. The Morgan fingerprint density at radius 3 is 2.27 bits per heavy atom. The highest BCUT2D eigenvalue weighted by Crippen LogP contribution is 2.30. The average molecular weight is 408 g/mol. The fourth-order valence-corrected chi connectivity index (χ4v) is 2.46. The highest BCUT2D eigenvalue weighted by Gasteiger charge is 2.24. The van der Waals surface area contributed by atoms with Crippen LogP contribution in [0.25, 0.3) is 0 Å². The molecule has 0 fully saturated rings. The molecular formula is C19H16N6O5. The topological polar surface area (TPSA) is 148 Å². The third-order valence-corrected chi connectivity index (χ3v) is 3.90. The molecule has 0 saturated heterocycles. The molecule has 1 aromatic heterocycles. The molecule has 11 heteroatoms. The molecule has 1 amide bonds. The number of nitrogens with one attached hydrogen (secondary N) is 3. The van der Waals surface area contributed by atoms with Crippen molar-refractivity contribution in [2.45, 2.75) is 0 Å². The number of hydrogen-bond donors (Lipinski definition) is 3. The van der Waals surface area contributed by atoms with Gasteiger partial charge in [-0.2, -0.15) is 0 Å². The normalized spacial score (nSPS) is 10.0. The zero-order valence-electron chi connectivity index (χ0n) is 15.7. The van der Waals surface area contributed by atoms with Crippen LogP contribution in [-0.4, -0.2) is 33.9 Å². The van der Waals surface area contributed by atoms with E-state index >= 15 is 0 Å². The van der Waals surface area contributed by atoms with Crippen LogP contribution in [0.1, 0.15) is 20.7 Å². The molecule has 11 nitrogen and oxygen atoms in total. The summed E-state index contributed by atoms with van der Waals surface area (Å²) < 4.78 is 4.63. The van der Waals surface area contributed by atoms with Crippen LogP contribution in [0.3, 0.4) is 0 Å². The van der Waals surface area contributed by atoms with Gasteiger partial charge in [0, 0.05) is 11.3 Å². The number of anilines is 3. The smallest absolute Gasteiger partial charge is 0.355 e. The number of esters is 1. The number of hydrogen-bond acceptors (Lipinski definition) is 9. The third-order valence-electron chi connectivity index (χ3n) is 3.90. The molecule has 3 rings (SSSR count). The van der Waals surface area contributed by atoms with E-state index in [0.717, 1.165) is 6.33 Å². The van der Waals surface area contributed by atoms with Crippen molar-refractivity contribution < 1.29 is 19.2 Å². The minimum absolute atomic E-state index is 0.0997. The average Bonchev–Trinajstić information content (AvgIpc) is 2.77. The van der Waals surface area contributed by atoms with Crippen molar-refractivity contribution >= 4 is 34.9 Å². The van der Waals surface area contributed by atoms with Crippen molar-refractivity contribution in [3.05, 3.63) is 82.2 Å². The van der Waals surface area contributed by atoms with Crippen molar-refractivity contribution in [1.82, 2.24) is 15.4 Å². The van der Waals surface area contributed by atoms with Gasteiger partial charge in [0.1, 0.15) is 6.33 Å². The minimum atomic E-state index is -0.678. The predicted octanol–water partition coefficient (Wildman–Crippen LogP) is 2.67. The Hall–Kier alpha value is -4.54. The number of ether oxygens (including phenoxy) is 1. The second kappa shape index (κ2) is 9.10. The standard InChI is InChI=1S/C19H16N6O5/c1-30-19(27)13-7-9-14(10-8-13)22-16-15(25(28)29)17(21-11-20-16)23-24-18(26)12-5-3-2-4-6-12/h2-11H,1H3,(H,24,26)(H2,20,21,22,23). The van der Waals surface area contributed by atoms with E-state index in [-0.39, 0.29) is 11.6 Å². The molecule has 0 aliphatic rings. The lowest BCUT2D eigenvalue weighted by Gasteiger charge is -2.11. The van der Waals surface area contributed by atoms with Crippen LogP contribution in [0.15, 0.2) is 60.9 Å². The monoisotopic (exact) mass is 408 g/mol. The Morgan fingerprint density at radius 2 is 1.63 bits per heavy atom. The first-order valence-corrected chi connectivity index (χ1v) is 8.56. The Labute approximate surface area is 170 Å². The van der Waals surface area contributed by atoms with Gasteiger partial charge in [-0.3, -0.25) is 25.8 Å². The maximum Gasteiger partial charge on any atom is 0.355 e. The number of rotatable bonds is 7. The number of amides is 1. The van der Waals surface area contributed by atoms with Crippen LogP contribution in [0, 0.1) is 10.1 Å². The summed E-state index contributed by atoms with van der Waals surface area (Å²) in [5.74, 6) is -1.29. The molecule has 0 aliphatic carbocycles. The lowest BCUT2D eigenvalue weighted by atomic mass is 10.2. The molecule has 0 radical (unpaired) electrons. The quantitative estimate of drug-likeness (QED) is 0.305. The highest BCUT2D eigenvalue weighted by molar-refractivity contribution is 5.95. The second-order valence-corrected chi connectivity index (χ2v) is 5.82. The summed E-state index contributed by atoms with van der Waals surface area (Å²) in [5.41, 5.74) is 5.49. The summed E-state index contributed by atoms with van der Waals surface area (Å²) in [6.07, 6.45) is 1.11. The molecule has 3 N–H and O–H groups in total.